The van der Waals surface area contributed by atoms with Gasteiger partial charge in [0.1, 0.15) is 11.5 Å². The van der Waals surface area contributed by atoms with E-state index in [1.807, 2.05) is 24.3 Å². The van der Waals surface area contributed by atoms with Crippen LogP contribution in [-0.4, -0.2) is 56.2 Å². The molecule has 2 aromatic rings. The zero-order valence-corrected chi connectivity index (χ0v) is 18.1. The molecule has 9 nitrogen and oxygen atoms in total. The average molecular weight is 428 g/mol. The molecule has 0 bridgehead atoms. The van der Waals surface area contributed by atoms with Crippen molar-refractivity contribution in [1.82, 2.24) is 15.5 Å². The van der Waals surface area contributed by atoms with Crippen LogP contribution in [-0.2, 0) is 13.1 Å². The van der Waals surface area contributed by atoms with Crippen molar-refractivity contribution in [1.29, 1.82) is 0 Å². The Morgan fingerprint density at radius 2 is 1.94 bits per heavy atom. The topological polar surface area (TPSA) is 101 Å². The number of nitro benzene ring substituents is 1. The molecular formula is C22H29N5O4. The minimum atomic E-state index is -0.387. The number of rotatable bonds is 8. The molecule has 9 heteroatoms. The zero-order valence-electron chi connectivity index (χ0n) is 18.1. The van der Waals surface area contributed by atoms with Crippen LogP contribution in [0.2, 0.25) is 0 Å². The number of guanidine groups is 1. The van der Waals surface area contributed by atoms with Gasteiger partial charge in [0.25, 0.3) is 5.69 Å². The van der Waals surface area contributed by atoms with Gasteiger partial charge < -0.3 is 20.1 Å². The number of hydrogen-bond acceptors (Lipinski definition) is 6. The molecule has 3 rings (SSSR count). The van der Waals surface area contributed by atoms with Crippen LogP contribution in [0.3, 0.4) is 0 Å². The first kappa shape index (κ1) is 22.4. The highest BCUT2D eigenvalue weighted by Crippen LogP contribution is 2.24. The Labute approximate surface area is 182 Å². The molecule has 166 valence electrons. The van der Waals surface area contributed by atoms with Crippen molar-refractivity contribution in [3.8, 4) is 11.5 Å². The molecule has 0 radical (unpaired) electrons. The van der Waals surface area contributed by atoms with Gasteiger partial charge in [0, 0.05) is 57.5 Å². The Balaban J connectivity index is 1.52. The van der Waals surface area contributed by atoms with E-state index < -0.39 is 0 Å². The number of nitrogens with one attached hydrogen (secondary N) is 2. The first-order chi connectivity index (χ1) is 15.0. The quantitative estimate of drug-likeness (QED) is 0.289. The van der Waals surface area contributed by atoms with Crippen LogP contribution in [0.1, 0.15) is 17.5 Å². The monoisotopic (exact) mass is 427 g/mol. The van der Waals surface area contributed by atoms with Crippen molar-refractivity contribution < 1.29 is 14.4 Å². The van der Waals surface area contributed by atoms with Crippen molar-refractivity contribution in [2.24, 2.45) is 4.99 Å². The Morgan fingerprint density at radius 1 is 1.19 bits per heavy atom. The number of non-ortho nitro benzene ring substituents is 1. The van der Waals surface area contributed by atoms with E-state index >= 15 is 0 Å². The highest BCUT2D eigenvalue weighted by atomic mass is 16.6. The standard InChI is InChI=1S/C22H29N5O4/c1-23-22(24-13-16-5-4-6-19(9-16)27(28)29)25-18-7-8-26(15-18)14-17-10-20(30-2)12-21(11-17)31-3/h4-6,9-12,18H,7-8,13-15H2,1-3H3,(H2,23,24,25). The van der Waals surface area contributed by atoms with Gasteiger partial charge in [0.2, 0.25) is 0 Å². The molecule has 0 saturated carbocycles. The maximum Gasteiger partial charge on any atom is 0.269 e. The van der Waals surface area contributed by atoms with E-state index in [2.05, 4.69) is 20.5 Å². The lowest BCUT2D eigenvalue weighted by molar-refractivity contribution is -0.384. The Morgan fingerprint density at radius 3 is 2.58 bits per heavy atom. The summed E-state index contributed by atoms with van der Waals surface area (Å²) in [5.74, 6) is 2.25. The third-order valence-corrected chi connectivity index (χ3v) is 5.24. The zero-order chi connectivity index (χ0) is 22.2. The van der Waals surface area contributed by atoms with E-state index in [9.17, 15) is 10.1 Å². The number of ether oxygens (including phenoxy) is 2. The fraction of sp³-hybridized carbons (Fsp3) is 0.409. The smallest absolute Gasteiger partial charge is 0.269 e. The number of hydrogen-bond donors (Lipinski definition) is 2. The third-order valence-electron chi connectivity index (χ3n) is 5.24. The molecule has 1 saturated heterocycles. The van der Waals surface area contributed by atoms with Gasteiger partial charge in [0.15, 0.2) is 5.96 Å². The molecule has 31 heavy (non-hydrogen) atoms. The van der Waals surface area contributed by atoms with Crippen molar-refractivity contribution in [2.75, 3.05) is 34.4 Å². The van der Waals surface area contributed by atoms with Gasteiger partial charge in [-0.25, -0.2) is 0 Å². The molecule has 1 unspecified atom stereocenters. The number of nitrogens with zero attached hydrogens (tertiary/aromatic N) is 3. The van der Waals surface area contributed by atoms with Gasteiger partial charge in [-0.05, 0) is 29.7 Å². The molecule has 1 heterocycles. The van der Waals surface area contributed by atoms with E-state index in [4.69, 9.17) is 9.47 Å². The van der Waals surface area contributed by atoms with E-state index in [1.165, 1.54) is 6.07 Å². The van der Waals surface area contributed by atoms with E-state index in [0.29, 0.717) is 12.5 Å². The molecule has 0 amide bonds. The molecule has 1 fully saturated rings. The summed E-state index contributed by atoms with van der Waals surface area (Å²) in [5.41, 5.74) is 2.06. The number of methoxy groups -OCH3 is 2. The third kappa shape index (κ3) is 6.32. The maximum atomic E-state index is 10.9. The second kappa shape index (κ2) is 10.6. The van der Waals surface area contributed by atoms with Gasteiger partial charge in [-0.2, -0.15) is 0 Å². The normalized spacial score (nSPS) is 16.7. The summed E-state index contributed by atoms with van der Waals surface area (Å²) >= 11 is 0. The fourth-order valence-corrected chi connectivity index (χ4v) is 3.66. The first-order valence-corrected chi connectivity index (χ1v) is 10.2. The van der Waals surface area contributed by atoms with E-state index in [0.717, 1.165) is 48.7 Å². The van der Waals surface area contributed by atoms with Gasteiger partial charge in [0.05, 0.1) is 19.1 Å². The lowest BCUT2D eigenvalue weighted by Gasteiger charge is -2.19. The van der Waals surface area contributed by atoms with Crippen LogP contribution in [0.25, 0.3) is 0 Å². The molecule has 1 aliphatic heterocycles. The average Bonchev–Trinajstić information content (AvgIpc) is 3.22. The summed E-state index contributed by atoms with van der Waals surface area (Å²) in [7, 11) is 5.03. The number of benzene rings is 2. The molecule has 0 spiro atoms. The molecule has 2 N–H and O–H groups in total. The van der Waals surface area contributed by atoms with E-state index in [-0.39, 0.29) is 16.7 Å². The van der Waals surface area contributed by atoms with Crippen molar-refractivity contribution in [3.63, 3.8) is 0 Å². The lowest BCUT2D eigenvalue weighted by atomic mass is 10.2. The summed E-state index contributed by atoms with van der Waals surface area (Å²) in [6.07, 6.45) is 0.999. The molecule has 0 aliphatic carbocycles. The minimum Gasteiger partial charge on any atom is -0.497 e. The second-order valence-electron chi connectivity index (χ2n) is 7.44. The number of nitro groups is 1. The fourth-order valence-electron chi connectivity index (χ4n) is 3.66. The van der Waals surface area contributed by atoms with Crippen LogP contribution in [0, 0.1) is 10.1 Å². The number of aliphatic imine (C=N–C) groups is 1. The molecule has 1 atom stereocenters. The molecular weight excluding hydrogens is 398 g/mol. The summed E-state index contributed by atoms with van der Waals surface area (Å²) in [6.45, 7) is 3.13. The predicted octanol–water partition coefficient (Wildman–Crippen LogP) is 2.55. The van der Waals surface area contributed by atoms with Gasteiger partial charge in [-0.1, -0.05) is 12.1 Å². The van der Waals surface area contributed by atoms with Crippen molar-refractivity contribution >= 4 is 11.6 Å². The van der Waals surface area contributed by atoms with Gasteiger partial charge in [-0.3, -0.25) is 20.0 Å². The van der Waals surface area contributed by atoms with Crippen LogP contribution >= 0.6 is 0 Å². The van der Waals surface area contributed by atoms with Gasteiger partial charge >= 0.3 is 0 Å². The van der Waals surface area contributed by atoms with Gasteiger partial charge in [-0.15, -0.1) is 0 Å². The van der Waals surface area contributed by atoms with Crippen LogP contribution in [0.5, 0.6) is 11.5 Å². The van der Waals surface area contributed by atoms with Crippen molar-refractivity contribution in [3.05, 3.63) is 63.7 Å². The van der Waals surface area contributed by atoms with Crippen molar-refractivity contribution in [2.45, 2.75) is 25.6 Å². The van der Waals surface area contributed by atoms with Crippen LogP contribution in [0.15, 0.2) is 47.5 Å². The Bertz CT molecular complexity index is 912. The van der Waals surface area contributed by atoms with Crippen LogP contribution < -0.4 is 20.1 Å². The SMILES string of the molecule is CN=C(NCc1cccc([N+](=O)[O-])c1)NC1CCN(Cc2cc(OC)cc(OC)c2)C1. The molecule has 2 aromatic carbocycles. The largest absolute Gasteiger partial charge is 0.497 e. The summed E-state index contributed by atoms with van der Waals surface area (Å²) in [6, 6.07) is 12.8. The molecule has 0 aromatic heterocycles. The highest BCUT2D eigenvalue weighted by Gasteiger charge is 2.23. The Hall–Kier alpha value is -3.33. The predicted molar refractivity (Wildman–Crippen MR) is 120 cm³/mol. The van der Waals surface area contributed by atoms with Crippen LogP contribution in [0.4, 0.5) is 5.69 Å². The van der Waals surface area contributed by atoms with E-state index in [1.54, 1.807) is 33.4 Å². The summed E-state index contributed by atoms with van der Waals surface area (Å²) in [5, 5.41) is 17.6. The number of likely N-dealkylation sites (tertiary alicyclic amines) is 1. The second-order valence-corrected chi connectivity index (χ2v) is 7.44. The first-order valence-electron chi connectivity index (χ1n) is 10.2. The molecule has 1 aliphatic rings. The summed E-state index contributed by atoms with van der Waals surface area (Å²) < 4.78 is 10.7. The Kier molecular flexibility index (Phi) is 7.66. The highest BCUT2D eigenvalue weighted by molar-refractivity contribution is 5.80. The summed E-state index contributed by atoms with van der Waals surface area (Å²) in [4.78, 5) is 17.2. The minimum absolute atomic E-state index is 0.0860. The maximum absolute atomic E-state index is 10.9. The lowest BCUT2D eigenvalue weighted by Crippen LogP contribution is -2.44.